The van der Waals surface area contributed by atoms with Crippen LogP contribution in [0, 0.1) is 12.7 Å². The van der Waals surface area contributed by atoms with E-state index in [1.807, 2.05) is 25.1 Å². The van der Waals surface area contributed by atoms with Gasteiger partial charge in [0.25, 0.3) is 0 Å². The van der Waals surface area contributed by atoms with Crippen molar-refractivity contribution in [2.75, 3.05) is 5.73 Å². The molecule has 0 bridgehead atoms. The smallest absolute Gasteiger partial charge is 0.127 e. The second-order valence-electron chi connectivity index (χ2n) is 4.81. The lowest BCUT2D eigenvalue weighted by Crippen LogP contribution is -2.01. The first-order valence-electron chi connectivity index (χ1n) is 6.42. The molecule has 1 heterocycles. The van der Waals surface area contributed by atoms with Gasteiger partial charge in [-0.3, -0.25) is 0 Å². The summed E-state index contributed by atoms with van der Waals surface area (Å²) in [7, 11) is 0. The van der Waals surface area contributed by atoms with Gasteiger partial charge < -0.3 is 5.73 Å². The summed E-state index contributed by atoms with van der Waals surface area (Å²) in [5.74, 6) is 0.214. The second-order valence-corrected chi connectivity index (χ2v) is 5.21. The summed E-state index contributed by atoms with van der Waals surface area (Å²) in [5, 5.41) is 5.12. The van der Waals surface area contributed by atoms with Crippen LogP contribution in [0.15, 0.2) is 48.5 Å². The number of rotatable bonds is 2. The molecule has 0 fully saturated rings. The molecule has 3 aromatic rings. The number of nitrogens with zero attached hydrogens (tertiary/aromatic N) is 2. The van der Waals surface area contributed by atoms with Crippen molar-refractivity contribution in [1.82, 2.24) is 9.78 Å². The van der Waals surface area contributed by atoms with Gasteiger partial charge in [-0.1, -0.05) is 17.7 Å². The summed E-state index contributed by atoms with van der Waals surface area (Å²) in [4.78, 5) is 0. The number of aromatic nitrogens is 2. The van der Waals surface area contributed by atoms with Crippen molar-refractivity contribution >= 4 is 17.4 Å². The van der Waals surface area contributed by atoms with Crippen molar-refractivity contribution in [2.45, 2.75) is 6.92 Å². The van der Waals surface area contributed by atoms with Gasteiger partial charge in [0.15, 0.2) is 0 Å². The molecule has 0 atom stereocenters. The van der Waals surface area contributed by atoms with E-state index < -0.39 is 0 Å². The fourth-order valence-electron chi connectivity index (χ4n) is 2.08. The number of benzene rings is 2. The Balaban J connectivity index is 2.05. The largest absolute Gasteiger partial charge is 0.384 e. The van der Waals surface area contributed by atoms with Crippen molar-refractivity contribution in [3.05, 3.63) is 64.9 Å². The molecule has 0 aliphatic rings. The molecule has 0 aliphatic heterocycles. The van der Waals surface area contributed by atoms with Crippen LogP contribution in [-0.2, 0) is 0 Å². The van der Waals surface area contributed by atoms with Crippen LogP contribution in [0.1, 0.15) is 5.56 Å². The fraction of sp³-hybridized carbons (Fsp3) is 0.0625. The molecule has 21 heavy (non-hydrogen) atoms. The van der Waals surface area contributed by atoms with Gasteiger partial charge in [0.05, 0.1) is 11.4 Å². The van der Waals surface area contributed by atoms with Crippen LogP contribution >= 0.6 is 11.6 Å². The summed E-state index contributed by atoms with van der Waals surface area (Å²) >= 11 is 6.13. The molecule has 3 rings (SSSR count). The van der Waals surface area contributed by atoms with E-state index in [2.05, 4.69) is 5.10 Å². The van der Waals surface area contributed by atoms with Crippen LogP contribution in [0.4, 0.5) is 10.2 Å². The molecule has 2 aromatic carbocycles. The average molecular weight is 302 g/mol. The highest BCUT2D eigenvalue weighted by molar-refractivity contribution is 6.31. The lowest BCUT2D eigenvalue weighted by molar-refractivity contribution is 0.628. The Morgan fingerprint density at radius 2 is 1.81 bits per heavy atom. The molecule has 106 valence electrons. The molecule has 0 unspecified atom stereocenters. The number of hydrogen-bond acceptors (Lipinski definition) is 2. The minimum atomic E-state index is -0.281. The summed E-state index contributed by atoms with van der Waals surface area (Å²) in [6, 6.07) is 13.5. The van der Waals surface area contributed by atoms with Gasteiger partial charge in [0, 0.05) is 16.7 Å². The summed E-state index contributed by atoms with van der Waals surface area (Å²) in [6.07, 6.45) is 0. The SMILES string of the molecule is Cc1ccc(-n2nc(-c3ccc(F)cc3)cc2N)cc1Cl. The van der Waals surface area contributed by atoms with Crippen molar-refractivity contribution in [3.8, 4) is 16.9 Å². The van der Waals surface area contributed by atoms with Gasteiger partial charge in [-0.25, -0.2) is 9.07 Å². The lowest BCUT2D eigenvalue weighted by atomic mass is 10.1. The van der Waals surface area contributed by atoms with Gasteiger partial charge in [-0.15, -0.1) is 0 Å². The first-order chi connectivity index (χ1) is 10.0. The maximum Gasteiger partial charge on any atom is 0.127 e. The van der Waals surface area contributed by atoms with Crippen molar-refractivity contribution in [2.24, 2.45) is 0 Å². The normalized spacial score (nSPS) is 10.8. The first kappa shape index (κ1) is 13.6. The third-order valence-electron chi connectivity index (χ3n) is 3.28. The van der Waals surface area contributed by atoms with E-state index in [-0.39, 0.29) is 5.82 Å². The van der Waals surface area contributed by atoms with E-state index in [0.29, 0.717) is 16.5 Å². The van der Waals surface area contributed by atoms with Crippen LogP contribution in [-0.4, -0.2) is 9.78 Å². The van der Waals surface area contributed by atoms with Crippen LogP contribution < -0.4 is 5.73 Å². The lowest BCUT2D eigenvalue weighted by Gasteiger charge is -2.05. The van der Waals surface area contributed by atoms with Crippen molar-refractivity contribution in [1.29, 1.82) is 0 Å². The maximum atomic E-state index is 13.0. The molecule has 1 aromatic heterocycles. The summed E-state index contributed by atoms with van der Waals surface area (Å²) in [6.45, 7) is 1.93. The van der Waals surface area contributed by atoms with E-state index in [1.165, 1.54) is 12.1 Å². The minimum absolute atomic E-state index is 0.281. The predicted molar refractivity (Wildman–Crippen MR) is 83.1 cm³/mol. The molecule has 0 radical (unpaired) electrons. The zero-order chi connectivity index (χ0) is 15.0. The quantitative estimate of drug-likeness (QED) is 0.770. The van der Waals surface area contributed by atoms with Gasteiger partial charge in [0.2, 0.25) is 0 Å². The van der Waals surface area contributed by atoms with E-state index in [4.69, 9.17) is 17.3 Å². The second kappa shape index (κ2) is 5.22. The monoisotopic (exact) mass is 301 g/mol. The molecule has 2 N–H and O–H groups in total. The molecule has 3 nitrogen and oxygen atoms in total. The molecule has 0 aliphatic carbocycles. The highest BCUT2D eigenvalue weighted by atomic mass is 35.5. The number of halogens is 2. The number of aryl methyl sites for hydroxylation is 1. The Kier molecular flexibility index (Phi) is 3.39. The van der Waals surface area contributed by atoms with E-state index in [9.17, 15) is 4.39 Å². The van der Waals surface area contributed by atoms with Gasteiger partial charge in [-0.2, -0.15) is 5.10 Å². The van der Waals surface area contributed by atoms with E-state index in [1.54, 1.807) is 22.9 Å². The molecule has 0 spiro atoms. The number of nitrogens with two attached hydrogens (primary N) is 1. The van der Waals surface area contributed by atoms with Crippen LogP contribution in [0.5, 0.6) is 0 Å². The molecule has 0 amide bonds. The molecule has 5 heteroatoms. The van der Waals surface area contributed by atoms with Crippen LogP contribution in [0.2, 0.25) is 5.02 Å². The third kappa shape index (κ3) is 2.62. The average Bonchev–Trinajstić information content (AvgIpc) is 2.85. The standard InChI is InChI=1S/C16H13ClFN3/c1-10-2-7-13(8-14(10)17)21-16(19)9-15(20-21)11-3-5-12(18)6-4-11/h2-9H,19H2,1H3. The van der Waals surface area contributed by atoms with Crippen molar-refractivity contribution in [3.63, 3.8) is 0 Å². The predicted octanol–water partition coefficient (Wildman–Crippen LogP) is 4.22. The summed E-state index contributed by atoms with van der Waals surface area (Å²) < 4.78 is 14.6. The van der Waals surface area contributed by atoms with Gasteiger partial charge in [0.1, 0.15) is 11.6 Å². The highest BCUT2D eigenvalue weighted by Gasteiger charge is 2.10. The van der Waals surface area contributed by atoms with E-state index in [0.717, 1.165) is 16.8 Å². The van der Waals surface area contributed by atoms with Crippen molar-refractivity contribution < 1.29 is 4.39 Å². The topological polar surface area (TPSA) is 43.8 Å². The van der Waals surface area contributed by atoms with Crippen LogP contribution in [0.25, 0.3) is 16.9 Å². The van der Waals surface area contributed by atoms with Crippen LogP contribution in [0.3, 0.4) is 0 Å². The molecular weight excluding hydrogens is 289 g/mol. The Morgan fingerprint density at radius 1 is 1.10 bits per heavy atom. The Bertz CT molecular complexity index is 794. The number of nitrogen functional groups attached to an aromatic ring is 1. The fourth-order valence-corrected chi connectivity index (χ4v) is 2.25. The number of hydrogen-bond donors (Lipinski definition) is 1. The zero-order valence-corrected chi connectivity index (χ0v) is 12.1. The Morgan fingerprint density at radius 3 is 2.48 bits per heavy atom. The molecule has 0 saturated carbocycles. The Hall–Kier alpha value is -2.33. The van der Waals surface area contributed by atoms with Gasteiger partial charge >= 0.3 is 0 Å². The first-order valence-corrected chi connectivity index (χ1v) is 6.80. The molecular formula is C16H13ClFN3. The highest BCUT2D eigenvalue weighted by Crippen LogP contribution is 2.25. The third-order valence-corrected chi connectivity index (χ3v) is 3.68. The minimum Gasteiger partial charge on any atom is -0.384 e. The zero-order valence-electron chi connectivity index (χ0n) is 11.3. The maximum absolute atomic E-state index is 13.0. The molecule has 0 saturated heterocycles. The van der Waals surface area contributed by atoms with E-state index >= 15 is 0 Å². The number of anilines is 1. The van der Waals surface area contributed by atoms with Gasteiger partial charge in [-0.05, 0) is 48.9 Å². The summed E-state index contributed by atoms with van der Waals surface area (Å²) in [5.41, 5.74) is 9.28. The Labute approximate surface area is 126 Å².